The number of nitrogens with zero attached hydrogens (tertiary/aromatic N) is 2. The minimum Gasteiger partial charge on any atom is -0.314 e. The molecule has 1 saturated carbocycles. The highest BCUT2D eigenvalue weighted by molar-refractivity contribution is 7.88. The normalized spacial score (nSPS) is 31.8. The third kappa shape index (κ3) is 3.44. The van der Waals surface area contributed by atoms with Crippen molar-refractivity contribution in [3.63, 3.8) is 0 Å². The summed E-state index contributed by atoms with van der Waals surface area (Å²) in [6.45, 7) is 5.82. The van der Waals surface area contributed by atoms with E-state index >= 15 is 0 Å². The van der Waals surface area contributed by atoms with E-state index in [1.54, 1.807) is 4.31 Å². The summed E-state index contributed by atoms with van der Waals surface area (Å²) in [4.78, 5) is 2.69. The van der Waals surface area contributed by atoms with E-state index in [2.05, 4.69) is 10.2 Å². The van der Waals surface area contributed by atoms with E-state index in [1.165, 1.54) is 38.4 Å². The molecular weight excluding hydrogens is 286 g/mol. The summed E-state index contributed by atoms with van der Waals surface area (Å²) < 4.78 is 25.2. The Balaban J connectivity index is 1.64. The molecule has 1 atom stereocenters. The number of piperidine rings is 1. The largest absolute Gasteiger partial charge is 0.314 e. The molecule has 2 aliphatic heterocycles. The van der Waals surface area contributed by atoms with Crippen LogP contribution < -0.4 is 5.32 Å². The number of piperazine rings is 1. The number of hydrogen-bond donors (Lipinski definition) is 1. The van der Waals surface area contributed by atoms with Gasteiger partial charge in [0, 0.05) is 44.8 Å². The van der Waals surface area contributed by atoms with Crippen LogP contribution in [0.2, 0.25) is 0 Å². The summed E-state index contributed by atoms with van der Waals surface area (Å²) in [5, 5.41) is 3.57. The first-order valence-electron chi connectivity index (χ1n) is 8.41. The molecule has 0 aromatic rings. The smallest absolute Gasteiger partial charge is 0.211 e. The maximum absolute atomic E-state index is 11.8. The van der Waals surface area contributed by atoms with Crippen molar-refractivity contribution in [2.75, 3.05) is 45.5 Å². The first kappa shape index (κ1) is 15.7. The molecule has 122 valence electrons. The van der Waals surface area contributed by atoms with Crippen LogP contribution in [-0.4, -0.2) is 68.7 Å². The van der Waals surface area contributed by atoms with Gasteiger partial charge in [0.15, 0.2) is 0 Å². The van der Waals surface area contributed by atoms with Crippen LogP contribution in [0.15, 0.2) is 0 Å². The molecule has 1 aliphatic carbocycles. The molecule has 0 amide bonds. The monoisotopic (exact) mass is 315 g/mol. The molecule has 0 aromatic heterocycles. The van der Waals surface area contributed by atoms with Gasteiger partial charge in [-0.1, -0.05) is 12.8 Å². The SMILES string of the molecule is CS(=O)(=O)N1CCCC(CN2CCNCC23CCCC3)C1. The van der Waals surface area contributed by atoms with Crippen LogP contribution >= 0.6 is 0 Å². The topological polar surface area (TPSA) is 52.7 Å². The average Bonchev–Trinajstić information content (AvgIpc) is 2.90. The Morgan fingerprint density at radius 3 is 2.67 bits per heavy atom. The van der Waals surface area contributed by atoms with Crippen LogP contribution in [0.1, 0.15) is 38.5 Å². The summed E-state index contributed by atoms with van der Waals surface area (Å²) in [6.07, 6.45) is 8.84. The van der Waals surface area contributed by atoms with Crippen LogP contribution in [0.3, 0.4) is 0 Å². The Hall–Kier alpha value is -0.170. The maximum Gasteiger partial charge on any atom is 0.211 e. The molecule has 0 radical (unpaired) electrons. The van der Waals surface area contributed by atoms with Crippen LogP contribution in [0.5, 0.6) is 0 Å². The van der Waals surface area contributed by atoms with Crippen molar-refractivity contribution in [1.29, 1.82) is 0 Å². The lowest BCUT2D eigenvalue weighted by Gasteiger charge is -2.47. The van der Waals surface area contributed by atoms with Gasteiger partial charge >= 0.3 is 0 Å². The van der Waals surface area contributed by atoms with E-state index in [0.29, 0.717) is 18.0 Å². The number of nitrogens with one attached hydrogen (secondary N) is 1. The number of rotatable bonds is 3. The molecule has 21 heavy (non-hydrogen) atoms. The molecule has 3 aliphatic rings. The van der Waals surface area contributed by atoms with Crippen molar-refractivity contribution in [3.05, 3.63) is 0 Å². The fraction of sp³-hybridized carbons (Fsp3) is 1.00. The number of sulfonamides is 1. The van der Waals surface area contributed by atoms with E-state index in [4.69, 9.17) is 0 Å². The van der Waals surface area contributed by atoms with Crippen molar-refractivity contribution in [3.8, 4) is 0 Å². The molecular formula is C15H29N3O2S. The third-order valence-electron chi connectivity index (χ3n) is 5.65. The van der Waals surface area contributed by atoms with Crippen molar-refractivity contribution < 1.29 is 8.42 Å². The zero-order chi connectivity index (χ0) is 14.9. The summed E-state index contributed by atoms with van der Waals surface area (Å²) in [5.74, 6) is 0.504. The lowest BCUT2D eigenvalue weighted by atomic mass is 9.90. The maximum atomic E-state index is 11.8. The van der Waals surface area contributed by atoms with Crippen molar-refractivity contribution in [1.82, 2.24) is 14.5 Å². The predicted octanol–water partition coefficient (Wildman–Crippen LogP) is 0.876. The van der Waals surface area contributed by atoms with Gasteiger partial charge in [0.1, 0.15) is 0 Å². The Labute approximate surface area is 129 Å². The van der Waals surface area contributed by atoms with Crippen molar-refractivity contribution in [2.45, 2.75) is 44.1 Å². The zero-order valence-electron chi connectivity index (χ0n) is 13.2. The summed E-state index contributed by atoms with van der Waals surface area (Å²) in [7, 11) is -3.02. The van der Waals surface area contributed by atoms with E-state index in [-0.39, 0.29) is 0 Å². The Morgan fingerprint density at radius 2 is 1.95 bits per heavy atom. The average molecular weight is 315 g/mol. The van der Waals surface area contributed by atoms with E-state index < -0.39 is 10.0 Å². The number of hydrogen-bond acceptors (Lipinski definition) is 4. The molecule has 2 saturated heterocycles. The molecule has 0 bridgehead atoms. The molecule has 1 unspecified atom stereocenters. The summed E-state index contributed by atoms with van der Waals surface area (Å²) >= 11 is 0. The van der Waals surface area contributed by atoms with Gasteiger partial charge < -0.3 is 5.32 Å². The molecule has 5 nitrogen and oxygen atoms in total. The predicted molar refractivity (Wildman–Crippen MR) is 84.8 cm³/mol. The van der Waals surface area contributed by atoms with Crippen LogP contribution in [-0.2, 0) is 10.0 Å². The van der Waals surface area contributed by atoms with E-state index in [9.17, 15) is 8.42 Å². The molecule has 1 N–H and O–H groups in total. The summed E-state index contributed by atoms with van der Waals surface area (Å²) in [6, 6.07) is 0. The molecule has 1 spiro atoms. The fourth-order valence-electron chi connectivity index (χ4n) is 4.48. The van der Waals surface area contributed by atoms with Gasteiger partial charge in [-0.3, -0.25) is 4.90 Å². The minimum absolute atomic E-state index is 0.367. The Kier molecular flexibility index (Phi) is 4.60. The van der Waals surface area contributed by atoms with Crippen molar-refractivity contribution in [2.24, 2.45) is 5.92 Å². The van der Waals surface area contributed by atoms with Gasteiger partial charge in [-0.15, -0.1) is 0 Å². The van der Waals surface area contributed by atoms with Crippen LogP contribution in [0.4, 0.5) is 0 Å². The van der Waals surface area contributed by atoms with Gasteiger partial charge in [-0.05, 0) is 31.6 Å². The summed E-state index contributed by atoms with van der Waals surface area (Å²) in [5.41, 5.74) is 0.367. The van der Waals surface area contributed by atoms with Crippen LogP contribution in [0.25, 0.3) is 0 Å². The molecule has 6 heteroatoms. The van der Waals surface area contributed by atoms with Gasteiger partial charge in [0.25, 0.3) is 0 Å². The highest BCUT2D eigenvalue weighted by Gasteiger charge is 2.42. The highest BCUT2D eigenvalue weighted by atomic mass is 32.2. The quantitative estimate of drug-likeness (QED) is 0.840. The zero-order valence-corrected chi connectivity index (χ0v) is 14.0. The molecule has 3 rings (SSSR count). The fourth-order valence-corrected chi connectivity index (χ4v) is 5.43. The van der Waals surface area contributed by atoms with Crippen molar-refractivity contribution >= 4 is 10.0 Å². The van der Waals surface area contributed by atoms with Gasteiger partial charge in [0.2, 0.25) is 10.0 Å². The minimum atomic E-state index is -3.02. The lowest BCUT2D eigenvalue weighted by molar-refractivity contribution is 0.0402. The van der Waals surface area contributed by atoms with E-state index in [1.807, 2.05) is 0 Å². The molecule has 0 aromatic carbocycles. The lowest BCUT2D eigenvalue weighted by Crippen LogP contribution is -2.61. The van der Waals surface area contributed by atoms with Gasteiger partial charge in [-0.25, -0.2) is 12.7 Å². The molecule has 2 heterocycles. The second kappa shape index (κ2) is 6.14. The standard InChI is InChI=1S/C15H29N3O2S/c1-21(19,20)18-9-4-5-14(12-18)11-17-10-8-16-13-15(17)6-2-3-7-15/h14,16H,2-13H2,1H3. The highest BCUT2D eigenvalue weighted by Crippen LogP contribution is 2.37. The first-order chi connectivity index (χ1) is 10.00. The van der Waals surface area contributed by atoms with Crippen LogP contribution in [0, 0.1) is 5.92 Å². The second-order valence-electron chi connectivity index (χ2n) is 7.18. The third-order valence-corrected chi connectivity index (χ3v) is 6.92. The first-order valence-corrected chi connectivity index (χ1v) is 10.3. The molecule has 3 fully saturated rings. The van der Waals surface area contributed by atoms with Gasteiger partial charge in [-0.2, -0.15) is 0 Å². The Morgan fingerprint density at radius 1 is 1.19 bits per heavy atom. The Bertz CT molecular complexity index is 460. The second-order valence-corrected chi connectivity index (χ2v) is 9.17. The van der Waals surface area contributed by atoms with E-state index in [0.717, 1.165) is 39.1 Å². The van der Waals surface area contributed by atoms with Gasteiger partial charge in [0.05, 0.1) is 6.26 Å².